The molecular formula is C53H40N2. The topological polar surface area (TPSA) is 16.1 Å². The van der Waals surface area contributed by atoms with Gasteiger partial charge in [0.1, 0.15) is 5.82 Å². The molecule has 0 aliphatic carbocycles. The maximum Gasteiger partial charge on any atom is 0.138 e. The van der Waals surface area contributed by atoms with Gasteiger partial charge in [-0.15, -0.1) is 0 Å². The Labute approximate surface area is 322 Å². The van der Waals surface area contributed by atoms with Crippen molar-refractivity contribution in [3.8, 4) is 22.3 Å². The SMILES string of the molecule is CC(C)(C)c1ccc(N(c2ccc3c(-c4ccc5ccccc5c4)c4ccccc4c(-c4ccc5ccccc5c4)c3c2)c2ccc3ccccc3n2)cc1. The molecule has 2 heteroatoms. The van der Waals surface area contributed by atoms with Crippen molar-refractivity contribution >= 4 is 71.2 Å². The van der Waals surface area contributed by atoms with Gasteiger partial charge in [-0.1, -0.05) is 154 Å². The highest BCUT2D eigenvalue weighted by molar-refractivity contribution is 6.22. The Morgan fingerprint density at radius 3 is 1.49 bits per heavy atom. The molecule has 0 aliphatic heterocycles. The molecule has 0 unspecified atom stereocenters. The van der Waals surface area contributed by atoms with Crippen molar-refractivity contribution in [2.45, 2.75) is 26.2 Å². The number of nitrogens with zero attached hydrogens (tertiary/aromatic N) is 2. The van der Waals surface area contributed by atoms with Gasteiger partial charge in [0, 0.05) is 16.8 Å². The van der Waals surface area contributed by atoms with E-state index >= 15 is 0 Å². The molecule has 0 aliphatic rings. The molecule has 10 rings (SSSR count). The molecule has 1 aromatic heterocycles. The van der Waals surface area contributed by atoms with Crippen molar-refractivity contribution in [2.75, 3.05) is 4.90 Å². The van der Waals surface area contributed by atoms with Crippen molar-refractivity contribution in [2.24, 2.45) is 0 Å². The van der Waals surface area contributed by atoms with E-state index in [1.807, 2.05) is 0 Å². The Morgan fingerprint density at radius 1 is 0.382 bits per heavy atom. The summed E-state index contributed by atoms with van der Waals surface area (Å²) in [6.07, 6.45) is 0. The minimum Gasteiger partial charge on any atom is -0.295 e. The number of fused-ring (bicyclic) bond motifs is 5. The standard InChI is InChI=1S/C53H40N2/c1-53(2,3)42-25-27-43(28-26-42)55(50-31-24-37-14-8-11-19-49(37)54-50)44-29-30-47-48(34-44)52(41-23-21-36-13-5-7-16-39(36)33-41)46-18-10-9-17-45(46)51(47)40-22-20-35-12-4-6-15-38(35)32-40/h4-34H,1-3H3. The van der Waals surface area contributed by atoms with Gasteiger partial charge in [-0.2, -0.15) is 0 Å². The van der Waals surface area contributed by atoms with Crippen LogP contribution >= 0.6 is 0 Å². The molecule has 55 heavy (non-hydrogen) atoms. The van der Waals surface area contributed by atoms with Crippen LogP contribution in [0.2, 0.25) is 0 Å². The molecule has 0 spiro atoms. The zero-order valence-corrected chi connectivity index (χ0v) is 31.3. The van der Waals surface area contributed by atoms with Crippen LogP contribution in [-0.4, -0.2) is 4.98 Å². The number of hydrogen-bond acceptors (Lipinski definition) is 2. The van der Waals surface area contributed by atoms with Crippen LogP contribution in [0.1, 0.15) is 26.3 Å². The molecule has 2 nitrogen and oxygen atoms in total. The summed E-state index contributed by atoms with van der Waals surface area (Å²) in [5.41, 5.74) is 9.33. The van der Waals surface area contributed by atoms with Gasteiger partial charge in [-0.05, 0) is 131 Å². The number of rotatable bonds is 5. The molecule has 0 bridgehead atoms. The van der Waals surface area contributed by atoms with Crippen LogP contribution in [0.5, 0.6) is 0 Å². The quantitative estimate of drug-likeness (QED) is 0.166. The first-order chi connectivity index (χ1) is 26.9. The van der Waals surface area contributed by atoms with Gasteiger partial charge in [0.15, 0.2) is 0 Å². The van der Waals surface area contributed by atoms with Gasteiger partial charge < -0.3 is 0 Å². The molecule has 0 atom stereocenters. The average Bonchev–Trinajstić information content (AvgIpc) is 3.22. The summed E-state index contributed by atoms with van der Waals surface area (Å²) in [7, 11) is 0. The van der Waals surface area contributed by atoms with E-state index in [4.69, 9.17) is 4.98 Å². The first-order valence-corrected chi connectivity index (χ1v) is 19.1. The van der Waals surface area contributed by atoms with E-state index in [1.165, 1.54) is 70.9 Å². The summed E-state index contributed by atoms with van der Waals surface area (Å²) >= 11 is 0. The molecule has 0 saturated carbocycles. The molecule has 0 amide bonds. The molecule has 0 radical (unpaired) electrons. The van der Waals surface area contributed by atoms with Crippen molar-refractivity contribution in [3.05, 3.63) is 194 Å². The molecule has 0 N–H and O–H groups in total. The number of para-hydroxylation sites is 1. The van der Waals surface area contributed by atoms with Crippen molar-refractivity contribution in [1.29, 1.82) is 0 Å². The summed E-state index contributed by atoms with van der Waals surface area (Å²) in [5, 5.41) is 11.0. The lowest BCUT2D eigenvalue weighted by atomic mass is 9.85. The van der Waals surface area contributed by atoms with E-state index < -0.39 is 0 Å². The Balaban J connectivity index is 1.29. The largest absolute Gasteiger partial charge is 0.295 e. The highest BCUT2D eigenvalue weighted by Gasteiger charge is 2.22. The summed E-state index contributed by atoms with van der Waals surface area (Å²) in [5.74, 6) is 0.879. The maximum absolute atomic E-state index is 5.26. The van der Waals surface area contributed by atoms with E-state index in [1.54, 1.807) is 0 Å². The molecule has 9 aromatic carbocycles. The molecule has 0 fully saturated rings. The van der Waals surface area contributed by atoms with Gasteiger partial charge in [-0.3, -0.25) is 4.90 Å². The number of hydrogen-bond donors (Lipinski definition) is 0. The van der Waals surface area contributed by atoms with Crippen LogP contribution in [0.4, 0.5) is 17.2 Å². The molecular weight excluding hydrogens is 665 g/mol. The summed E-state index contributed by atoms with van der Waals surface area (Å²) in [4.78, 5) is 7.58. The minimum absolute atomic E-state index is 0.0441. The van der Waals surface area contributed by atoms with E-state index in [-0.39, 0.29) is 5.41 Å². The second kappa shape index (κ2) is 13.0. The zero-order valence-electron chi connectivity index (χ0n) is 31.3. The lowest BCUT2D eigenvalue weighted by Gasteiger charge is -2.27. The van der Waals surface area contributed by atoms with Crippen molar-refractivity contribution in [3.63, 3.8) is 0 Å². The fraction of sp³-hybridized carbons (Fsp3) is 0.0755. The normalized spacial score (nSPS) is 11.9. The van der Waals surface area contributed by atoms with Gasteiger partial charge in [0.2, 0.25) is 0 Å². The monoisotopic (exact) mass is 704 g/mol. The van der Waals surface area contributed by atoms with Gasteiger partial charge in [-0.25, -0.2) is 4.98 Å². The van der Waals surface area contributed by atoms with E-state index in [0.29, 0.717) is 0 Å². The second-order valence-electron chi connectivity index (χ2n) is 15.6. The summed E-state index contributed by atoms with van der Waals surface area (Å²) < 4.78 is 0. The summed E-state index contributed by atoms with van der Waals surface area (Å²) in [6.45, 7) is 6.79. The van der Waals surface area contributed by atoms with Gasteiger partial charge in [0.05, 0.1) is 5.52 Å². The first kappa shape index (κ1) is 32.8. The van der Waals surface area contributed by atoms with Gasteiger partial charge >= 0.3 is 0 Å². The summed E-state index contributed by atoms with van der Waals surface area (Å²) in [6, 6.07) is 68.7. The van der Waals surface area contributed by atoms with Crippen LogP contribution in [0.15, 0.2) is 188 Å². The minimum atomic E-state index is 0.0441. The second-order valence-corrected chi connectivity index (χ2v) is 15.6. The zero-order chi connectivity index (χ0) is 37.1. The van der Waals surface area contributed by atoms with E-state index in [9.17, 15) is 0 Å². The lowest BCUT2D eigenvalue weighted by Crippen LogP contribution is -2.14. The third-order valence-corrected chi connectivity index (χ3v) is 11.1. The number of anilines is 3. The van der Waals surface area contributed by atoms with Crippen LogP contribution < -0.4 is 4.90 Å². The molecule has 262 valence electrons. The Bertz CT molecular complexity index is 3080. The fourth-order valence-corrected chi connectivity index (χ4v) is 8.32. The van der Waals surface area contributed by atoms with Crippen molar-refractivity contribution < 1.29 is 0 Å². The van der Waals surface area contributed by atoms with E-state index in [2.05, 4.69) is 214 Å². The molecule has 0 saturated heterocycles. The average molecular weight is 705 g/mol. The Morgan fingerprint density at radius 2 is 0.873 bits per heavy atom. The predicted molar refractivity (Wildman–Crippen MR) is 236 cm³/mol. The Kier molecular flexibility index (Phi) is 7.74. The van der Waals surface area contributed by atoms with Gasteiger partial charge in [0.25, 0.3) is 0 Å². The van der Waals surface area contributed by atoms with E-state index in [0.717, 1.165) is 28.1 Å². The Hall–Kier alpha value is -6.77. The van der Waals surface area contributed by atoms with Crippen LogP contribution in [-0.2, 0) is 5.41 Å². The fourth-order valence-electron chi connectivity index (χ4n) is 8.32. The highest BCUT2D eigenvalue weighted by atomic mass is 15.2. The number of pyridine rings is 1. The number of aromatic nitrogens is 1. The number of benzene rings is 9. The van der Waals surface area contributed by atoms with Crippen molar-refractivity contribution in [1.82, 2.24) is 4.98 Å². The third-order valence-electron chi connectivity index (χ3n) is 11.1. The predicted octanol–water partition coefficient (Wildman–Crippen LogP) is 14.9. The van der Waals surface area contributed by atoms with Crippen LogP contribution in [0.3, 0.4) is 0 Å². The maximum atomic E-state index is 5.26. The first-order valence-electron chi connectivity index (χ1n) is 19.1. The van der Waals surface area contributed by atoms with Crippen LogP contribution in [0.25, 0.3) is 76.2 Å². The molecule has 10 aromatic rings. The lowest BCUT2D eigenvalue weighted by molar-refractivity contribution is 0.590. The highest BCUT2D eigenvalue weighted by Crippen LogP contribution is 2.47. The molecule has 1 heterocycles. The van der Waals surface area contributed by atoms with Crippen LogP contribution in [0, 0.1) is 0 Å². The third kappa shape index (κ3) is 5.79. The smallest absolute Gasteiger partial charge is 0.138 e.